The smallest absolute Gasteiger partial charge is 0.274 e. The SMILES string of the molecule is CCCCn1c(C(=O)Nc2nnc(C3CCCCC3)s2)c(C)c2ccccc21. The van der Waals surface area contributed by atoms with Crippen molar-refractivity contribution in [2.75, 3.05) is 5.32 Å². The molecule has 0 radical (unpaired) electrons. The topological polar surface area (TPSA) is 59.8 Å². The Morgan fingerprint density at radius 3 is 2.79 bits per heavy atom. The second kappa shape index (κ2) is 8.43. The van der Waals surface area contributed by atoms with Gasteiger partial charge in [0, 0.05) is 23.4 Å². The Balaban J connectivity index is 1.60. The number of para-hydroxylation sites is 1. The third-order valence-electron chi connectivity index (χ3n) is 5.79. The number of nitrogens with zero attached hydrogens (tertiary/aromatic N) is 3. The number of fused-ring (bicyclic) bond motifs is 1. The molecule has 0 spiro atoms. The average Bonchev–Trinajstić information content (AvgIpc) is 3.30. The Kier molecular flexibility index (Phi) is 5.76. The zero-order chi connectivity index (χ0) is 19.5. The maximum absolute atomic E-state index is 13.2. The molecule has 1 N–H and O–H groups in total. The lowest BCUT2D eigenvalue weighted by Crippen LogP contribution is -2.18. The summed E-state index contributed by atoms with van der Waals surface area (Å²) in [7, 11) is 0. The lowest BCUT2D eigenvalue weighted by Gasteiger charge is -2.18. The number of aryl methyl sites for hydroxylation is 2. The molecular weight excluding hydrogens is 368 g/mol. The molecule has 1 amide bonds. The first-order chi connectivity index (χ1) is 13.7. The molecular formula is C22H28N4OS. The summed E-state index contributed by atoms with van der Waals surface area (Å²) >= 11 is 1.54. The fraction of sp³-hybridized carbons (Fsp3) is 0.500. The minimum atomic E-state index is -0.0869. The number of carbonyl (C=O) groups excluding carboxylic acids is 1. The molecule has 2 aromatic heterocycles. The van der Waals surface area contributed by atoms with E-state index in [1.54, 1.807) is 0 Å². The van der Waals surface area contributed by atoms with Crippen molar-refractivity contribution in [1.82, 2.24) is 14.8 Å². The Hall–Kier alpha value is -2.21. The standard InChI is InChI=1S/C22H28N4OS/c1-3-4-14-26-18-13-9-8-12-17(18)15(2)19(26)20(27)23-22-25-24-21(28-22)16-10-6-5-7-11-16/h8-9,12-13,16H,3-7,10-11,14H2,1-2H3,(H,23,25,27). The van der Waals surface area contributed by atoms with E-state index in [2.05, 4.69) is 39.1 Å². The number of rotatable bonds is 6. The molecule has 1 aliphatic carbocycles. The van der Waals surface area contributed by atoms with Gasteiger partial charge in [-0.3, -0.25) is 10.1 Å². The number of carbonyl (C=O) groups is 1. The molecule has 6 heteroatoms. The first-order valence-corrected chi connectivity index (χ1v) is 11.2. The summed E-state index contributed by atoms with van der Waals surface area (Å²) in [6, 6.07) is 8.26. The first kappa shape index (κ1) is 19.1. The molecule has 5 nitrogen and oxygen atoms in total. The van der Waals surface area contributed by atoms with Gasteiger partial charge in [0.15, 0.2) is 0 Å². The fourth-order valence-corrected chi connectivity index (χ4v) is 5.18. The van der Waals surface area contributed by atoms with E-state index in [-0.39, 0.29) is 5.91 Å². The molecule has 0 saturated heterocycles. The van der Waals surface area contributed by atoms with Crippen LogP contribution in [0, 0.1) is 6.92 Å². The van der Waals surface area contributed by atoms with Crippen molar-refractivity contribution < 1.29 is 4.79 Å². The van der Waals surface area contributed by atoms with Crippen molar-refractivity contribution >= 4 is 33.3 Å². The molecule has 1 aromatic carbocycles. The Bertz CT molecular complexity index is 968. The van der Waals surface area contributed by atoms with Crippen LogP contribution in [0.3, 0.4) is 0 Å². The number of unbranched alkanes of at least 4 members (excludes halogenated alkanes) is 1. The van der Waals surface area contributed by atoms with E-state index in [4.69, 9.17) is 0 Å². The first-order valence-electron chi connectivity index (χ1n) is 10.4. The van der Waals surface area contributed by atoms with E-state index in [1.807, 2.05) is 19.1 Å². The van der Waals surface area contributed by atoms with Gasteiger partial charge in [-0.2, -0.15) is 0 Å². The molecule has 3 aromatic rings. The molecule has 2 heterocycles. The van der Waals surface area contributed by atoms with Gasteiger partial charge in [-0.1, -0.05) is 62.1 Å². The third-order valence-corrected chi connectivity index (χ3v) is 6.79. The van der Waals surface area contributed by atoms with E-state index in [1.165, 1.54) is 43.4 Å². The minimum absolute atomic E-state index is 0.0869. The van der Waals surface area contributed by atoms with Crippen molar-refractivity contribution in [3.63, 3.8) is 0 Å². The highest BCUT2D eigenvalue weighted by molar-refractivity contribution is 7.15. The highest BCUT2D eigenvalue weighted by Crippen LogP contribution is 2.35. The number of hydrogen-bond acceptors (Lipinski definition) is 4. The summed E-state index contributed by atoms with van der Waals surface area (Å²) in [4.78, 5) is 13.2. The molecule has 0 atom stereocenters. The number of nitrogens with one attached hydrogen (secondary N) is 1. The summed E-state index contributed by atoms with van der Waals surface area (Å²) in [6.45, 7) is 5.05. The maximum atomic E-state index is 13.2. The van der Waals surface area contributed by atoms with E-state index >= 15 is 0 Å². The number of amides is 1. The van der Waals surface area contributed by atoms with Gasteiger partial charge in [-0.05, 0) is 37.8 Å². The summed E-state index contributed by atoms with van der Waals surface area (Å²) in [6.07, 6.45) is 8.36. The molecule has 4 rings (SSSR count). The Morgan fingerprint density at radius 1 is 1.21 bits per heavy atom. The highest BCUT2D eigenvalue weighted by Gasteiger charge is 2.23. The molecule has 0 unspecified atom stereocenters. The van der Waals surface area contributed by atoms with Gasteiger partial charge >= 0.3 is 0 Å². The van der Waals surface area contributed by atoms with E-state index < -0.39 is 0 Å². The zero-order valence-electron chi connectivity index (χ0n) is 16.7. The zero-order valence-corrected chi connectivity index (χ0v) is 17.5. The van der Waals surface area contributed by atoms with Crippen LogP contribution in [-0.2, 0) is 6.54 Å². The van der Waals surface area contributed by atoms with Gasteiger partial charge in [0.05, 0.1) is 0 Å². The number of benzene rings is 1. The van der Waals surface area contributed by atoms with Crippen LogP contribution in [0.1, 0.15) is 78.8 Å². The fourth-order valence-electron chi connectivity index (χ4n) is 4.27. The summed E-state index contributed by atoms with van der Waals surface area (Å²) in [5.41, 5.74) is 2.89. The quantitative estimate of drug-likeness (QED) is 0.564. The van der Waals surface area contributed by atoms with Crippen molar-refractivity contribution in [1.29, 1.82) is 0 Å². The van der Waals surface area contributed by atoms with Gasteiger partial charge in [0.25, 0.3) is 5.91 Å². The number of aromatic nitrogens is 3. The predicted molar refractivity (Wildman–Crippen MR) is 115 cm³/mol. The van der Waals surface area contributed by atoms with Gasteiger partial charge < -0.3 is 4.57 Å². The molecule has 1 aliphatic rings. The van der Waals surface area contributed by atoms with Gasteiger partial charge in [-0.15, -0.1) is 10.2 Å². The highest BCUT2D eigenvalue weighted by atomic mass is 32.1. The molecule has 0 aliphatic heterocycles. The molecule has 148 valence electrons. The van der Waals surface area contributed by atoms with Gasteiger partial charge in [-0.25, -0.2) is 0 Å². The second-order valence-electron chi connectivity index (χ2n) is 7.73. The van der Waals surface area contributed by atoms with Crippen LogP contribution in [-0.4, -0.2) is 20.7 Å². The summed E-state index contributed by atoms with van der Waals surface area (Å²) in [5.74, 6) is 0.422. The van der Waals surface area contributed by atoms with E-state index in [0.717, 1.165) is 46.6 Å². The van der Waals surface area contributed by atoms with Crippen LogP contribution in [0.5, 0.6) is 0 Å². The van der Waals surface area contributed by atoms with Crippen LogP contribution < -0.4 is 5.32 Å². The van der Waals surface area contributed by atoms with Crippen LogP contribution in [0.25, 0.3) is 10.9 Å². The largest absolute Gasteiger partial charge is 0.336 e. The average molecular weight is 397 g/mol. The van der Waals surface area contributed by atoms with E-state index in [9.17, 15) is 4.79 Å². The number of anilines is 1. The molecule has 28 heavy (non-hydrogen) atoms. The van der Waals surface area contributed by atoms with Crippen molar-refractivity contribution in [3.8, 4) is 0 Å². The summed E-state index contributed by atoms with van der Waals surface area (Å²) < 4.78 is 2.16. The molecule has 0 bridgehead atoms. The molecule has 1 fully saturated rings. The Labute approximate surface area is 170 Å². The van der Waals surface area contributed by atoms with Crippen LogP contribution in [0.15, 0.2) is 24.3 Å². The second-order valence-corrected chi connectivity index (χ2v) is 8.74. The lowest BCUT2D eigenvalue weighted by atomic mass is 9.90. The van der Waals surface area contributed by atoms with Crippen molar-refractivity contribution in [2.45, 2.75) is 71.3 Å². The van der Waals surface area contributed by atoms with Crippen molar-refractivity contribution in [3.05, 3.63) is 40.5 Å². The maximum Gasteiger partial charge on any atom is 0.274 e. The minimum Gasteiger partial charge on any atom is -0.336 e. The van der Waals surface area contributed by atoms with Crippen LogP contribution >= 0.6 is 11.3 Å². The van der Waals surface area contributed by atoms with Crippen molar-refractivity contribution in [2.24, 2.45) is 0 Å². The van der Waals surface area contributed by atoms with Crippen LogP contribution in [0.4, 0.5) is 5.13 Å². The summed E-state index contributed by atoms with van der Waals surface area (Å²) in [5, 5.41) is 14.5. The number of hydrogen-bond donors (Lipinski definition) is 1. The Morgan fingerprint density at radius 2 is 2.00 bits per heavy atom. The van der Waals surface area contributed by atoms with Crippen LogP contribution in [0.2, 0.25) is 0 Å². The third kappa shape index (κ3) is 3.70. The molecule has 1 saturated carbocycles. The van der Waals surface area contributed by atoms with E-state index in [0.29, 0.717) is 11.0 Å². The monoisotopic (exact) mass is 396 g/mol. The lowest BCUT2D eigenvalue weighted by molar-refractivity contribution is 0.101. The van der Waals surface area contributed by atoms with Gasteiger partial charge in [0.2, 0.25) is 5.13 Å². The van der Waals surface area contributed by atoms with Gasteiger partial charge in [0.1, 0.15) is 10.7 Å². The normalized spacial score (nSPS) is 15.2. The predicted octanol–water partition coefficient (Wildman–Crippen LogP) is 5.90.